The first-order valence-electron chi connectivity index (χ1n) is 6.92. The molecule has 1 aromatic carbocycles. The Labute approximate surface area is 123 Å². The SMILES string of the molecule is COc1ccc(C(=O)N2CC3CCC2C3)cc1S(N)(=O)=O. The number of carbonyl (C=O) groups excluding carboxylic acids is 1. The Morgan fingerprint density at radius 2 is 2.14 bits per heavy atom. The molecule has 2 aliphatic rings. The normalized spacial score (nSPS) is 24.4. The van der Waals surface area contributed by atoms with Crippen LogP contribution in [0.4, 0.5) is 0 Å². The fourth-order valence-corrected chi connectivity index (χ4v) is 4.09. The lowest BCUT2D eigenvalue weighted by Crippen LogP contribution is -2.37. The molecule has 2 N–H and O–H groups in total. The van der Waals surface area contributed by atoms with Gasteiger partial charge in [-0.1, -0.05) is 0 Å². The van der Waals surface area contributed by atoms with Crippen LogP contribution in [-0.2, 0) is 10.0 Å². The first kappa shape index (κ1) is 14.3. The third kappa shape index (κ3) is 2.51. The van der Waals surface area contributed by atoms with Crippen LogP contribution < -0.4 is 9.88 Å². The van der Waals surface area contributed by atoms with Crippen LogP contribution in [0.5, 0.6) is 5.75 Å². The van der Waals surface area contributed by atoms with Crippen molar-refractivity contribution in [2.45, 2.75) is 30.2 Å². The van der Waals surface area contributed by atoms with E-state index in [1.165, 1.54) is 25.7 Å². The van der Waals surface area contributed by atoms with Crippen molar-refractivity contribution in [1.29, 1.82) is 0 Å². The maximum atomic E-state index is 12.6. The van der Waals surface area contributed by atoms with E-state index in [9.17, 15) is 13.2 Å². The maximum absolute atomic E-state index is 12.6. The minimum atomic E-state index is -3.93. The van der Waals surface area contributed by atoms with Crippen molar-refractivity contribution in [1.82, 2.24) is 4.90 Å². The second kappa shape index (κ2) is 4.99. The molecule has 3 rings (SSSR count). The van der Waals surface area contributed by atoms with Gasteiger partial charge in [-0.2, -0.15) is 0 Å². The molecule has 7 heteroatoms. The number of carbonyl (C=O) groups is 1. The number of hydrogen-bond donors (Lipinski definition) is 1. The first-order chi connectivity index (χ1) is 9.90. The largest absolute Gasteiger partial charge is 0.495 e. The predicted molar refractivity (Wildman–Crippen MR) is 76.5 cm³/mol. The van der Waals surface area contributed by atoms with Gasteiger partial charge in [-0.25, -0.2) is 13.6 Å². The van der Waals surface area contributed by atoms with E-state index in [1.807, 2.05) is 4.90 Å². The lowest BCUT2D eigenvalue weighted by molar-refractivity contribution is 0.0703. The summed E-state index contributed by atoms with van der Waals surface area (Å²) in [6.07, 6.45) is 3.28. The second-order valence-electron chi connectivity index (χ2n) is 5.70. The number of methoxy groups -OCH3 is 1. The molecule has 1 aliphatic heterocycles. The molecule has 1 aromatic rings. The van der Waals surface area contributed by atoms with Crippen LogP contribution in [0.25, 0.3) is 0 Å². The molecule has 2 fully saturated rings. The summed E-state index contributed by atoms with van der Waals surface area (Å²) < 4.78 is 28.2. The van der Waals surface area contributed by atoms with E-state index in [1.54, 1.807) is 6.07 Å². The third-order valence-corrected chi connectivity index (χ3v) is 5.32. The summed E-state index contributed by atoms with van der Waals surface area (Å²) in [4.78, 5) is 14.3. The summed E-state index contributed by atoms with van der Waals surface area (Å²) in [5, 5.41) is 5.18. The fourth-order valence-electron chi connectivity index (χ4n) is 3.37. The molecule has 0 radical (unpaired) electrons. The number of nitrogens with two attached hydrogens (primary N) is 1. The van der Waals surface area contributed by atoms with Crippen LogP contribution in [0, 0.1) is 5.92 Å². The van der Waals surface area contributed by atoms with E-state index in [0.717, 1.165) is 19.4 Å². The Morgan fingerprint density at radius 1 is 1.38 bits per heavy atom. The minimum absolute atomic E-state index is 0.130. The highest BCUT2D eigenvalue weighted by Crippen LogP contribution is 2.38. The molecule has 0 aromatic heterocycles. The van der Waals surface area contributed by atoms with Crippen molar-refractivity contribution in [2.24, 2.45) is 11.1 Å². The number of primary sulfonamides is 1. The van der Waals surface area contributed by atoms with Gasteiger partial charge < -0.3 is 9.64 Å². The van der Waals surface area contributed by atoms with E-state index >= 15 is 0 Å². The number of piperidine rings is 1. The van der Waals surface area contributed by atoms with Crippen molar-refractivity contribution >= 4 is 15.9 Å². The van der Waals surface area contributed by atoms with Gasteiger partial charge in [0.1, 0.15) is 10.6 Å². The van der Waals surface area contributed by atoms with Gasteiger partial charge in [-0.15, -0.1) is 0 Å². The summed E-state index contributed by atoms with van der Waals surface area (Å²) in [6, 6.07) is 4.66. The Hall–Kier alpha value is -1.60. The van der Waals surface area contributed by atoms with Crippen LogP contribution in [-0.4, -0.2) is 38.9 Å². The number of ether oxygens (including phenoxy) is 1. The van der Waals surface area contributed by atoms with E-state index < -0.39 is 10.0 Å². The van der Waals surface area contributed by atoms with Gasteiger partial charge in [0.2, 0.25) is 10.0 Å². The van der Waals surface area contributed by atoms with Gasteiger partial charge in [0, 0.05) is 18.2 Å². The zero-order chi connectivity index (χ0) is 15.2. The molecule has 6 nitrogen and oxygen atoms in total. The highest BCUT2D eigenvalue weighted by Gasteiger charge is 2.40. The molecule has 114 valence electrons. The number of benzene rings is 1. The van der Waals surface area contributed by atoms with Crippen molar-refractivity contribution in [2.75, 3.05) is 13.7 Å². The first-order valence-corrected chi connectivity index (χ1v) is 8.46. The van der Waals surface area contributed by atoms with E-state index in [2.05, 4.69) is 0 Å². The summed E-state index contributed by atoms with van der Waals surface area (Å²) in [5.74, 6) is 0.613. The molecule has 1 saturated carbocycles. The topological polar surface area (TPSA) is 89.7 Å². The van der Waals surface area contributed by atoms with Crippen molar-refractivity contribution in [3.05, 3.63) is 23.8 Å². The zero-order valence-corrected chi connectivity index (χ0v) is 12.6. The average Bonchev–Trinajstić information content (AvgIpc) is 3.07. The van der Waals surface area contributed by atoms with Crippen LogP contribution in [0.3, 0.4) is 0 Å². The van der Waals surface area contributed by atoms with Crippen LogP contribution in [0.1, 0.15) is 29.6 Å². The molecule has 0 spiro atoms. The molecule has 2 unspecified atom stereocenters. The van der Waals surface area contributed by atoms with E-state index in [4.69, 9.17) is 9.88 Å². The quantitative estimate of drug-likeness (QED) is 0.900. The van der Waals surface area contributed by atoms with E-state index in [0.29, 0.717) is 17.5 Å². The standard InChI is InChI=1S/C14H18N2O4S/c1-20-12-5-3-10(7-13(12)21(15,18)19)14(17)16-8-9-2-4-11(16)6-9/h3,5,7,9,11H,2,4,6,8H2,1H3,(H2,15,18,19). The number of hydrogen-bond acceptors (Lipinski definition) is 4. The Balaban J connectivity index is 1.94. The number of sulfonamides is 1. The van der Waals surface area contributed by atoms with Gasteiger partial charge in [0.05, 0.1) is 7.11 Å². The smallest absolute Gasteiger partial charge is 0.254 e. The molecule has 1 amide bonds. The maximum Gasteiger partial charge on any atom is 0.254 e. The average molecular weight is 310 g/mol. The van der Waals surface area contributed by atoms with Gasteiger partial charge >= 0.3 is 0 Å². The highest BCUT2D eigenvalue weighted by molar-refractivity contribution is 7.89. The zero-order valence-electron chi connectivity index (χ0n) is 11.8. The van der Waals surface area contributed by atoms with Gasteiger partial charge in [-0.3, -0.25) is 4.79 Å². The van der Waals surface area contributed by atoms with Gasteiger partial charge in [0.25, 0.3) is 5.91 Å². The molecule has 2 atom stereocenters. The minimum Gasteiger partial charge on any atom is -0.495 e. The number of rotatable bonds is 3. The Bertz CT molecular complexity index is 686. The van der Waals surface area contributed by atoms with Gasteiger partial charge in [0.15, 0.2) is 0 Å². The number of fused-ring (bicyclic) bond motifs is 2. The third-order valence-electron chi connectivity index (χ3n) is 4.39. The number of amides is 1. The number of nitrogens with zero attached hydrogens (tertiary/aromatic N) is 1. The van der Waals surface area contributed by atoms with E-state index in [-0.39, 0.29) is 16.6 Å². The van der Waals surface area contributed by atoms with Crippen molar-refractivity contribution in [3.63, 3.8) is 0 Å². The molecule has 1 saturated heterocycles. The summed E-state index contributed by atoms with van der Waals surface area (Å²) in [5.41, 5.74) is 0.340. The van der Waals surface area contributed by atoms with Gasteiger partial charge in [-0.05, 0) is 43.4 Å². The van der Waals surface area contributed by atoms with Crippen LogP contribution >= 0.6 is 0 Å². The molecule has 1 aliphatic carbocycles. The molecule has 2 bridgehead atoms. The van der Waals surface area contributed by atoms with Crippen LogP contribution in [0.2, 0.25) is 0 Å². The summed E-state index contributed by atoms with van der Waals surface area (Å²) >= 11 is 0. The number of likely N-dealkylation sites (tertiary alicyclic amines) is 1. The highest BCUT2D eigenvalue weighted by atomic mass is 32.2. The van der Waals surface area contributed by atoms with Crippen LogP contribution in [0.15, 0.2) is 23.1 Å². The molecule has 21 heavy (non-hydrogen) atoms. The molecule has 1 heterocycles. The second-order valence-corrected chi connectivity index (χ2v) is 7.23. The Kier molecular flexibility index (Phi) is 3.41. The Morgan fingerprint density at radius 3 is 2.67 bits per heavy atom. The monoisotopic (exact) mass is 310 g/mol. The lowest BCUT2D eigenvalue weighted by atomic mass is 10.1. The van der Waals surface area contributed by atoms with Crippen molar-refractivity contribution < 1.29 is 17.9 Å². The summed E-state index contributed by atoms with van der Waals surface area (Å²) in [7, 11) is -2.57. The molecular formula is C14H18N2O4S. The van der Waals surface area contributed by atoms with Crippen molar-refractivity contribution in [3.8, 4) is 5.75 Å². The summed E-state index contributed by atoms with van der Waals surface area (Å²) in [6.45, 7) is 0.764. The molecular weight excluding hydrogens is 292 g/mol. The lowest BCUT2D eigenvalue weighted by Gasteiger charge is -2.27. The predicted octanol–water partition coefficient (Wildman–Crippen LogP) is 0.967. The fraction of sp³-hybridized carbons (Fsp3) is 0.500.